The van der Waals surface area contributed by atoms with E-state index in [0.717, 1.165) is 0 Å². The van der Waals surface area contributed by atoms with Gasteiger partial charge in [-0.15, -0.1) is 0 Å². The molecule has 0 bridgehead atoms. The summed E-state index contributed by atoms with van der Waals surface area (Å²) in [6.45, 7) is 1.87. The molecule has 2 fully saturated rings. The maximum Gasteiger partial charge on any atom is 0.311 e. The quantitative estimate of drug-likeness (QED) is 0.677. The van der Waals surface area contributed by atoms with Gasteiger partial charge in [0.05, 0.1) is 18.6 Å². The van der Waals surface area contributed by atoms with Crippen LogP contribution in [0.3, 0.4) is 0 Å². The summed E-state index contributed by atoms with van der Waals surface area (Å²) >= 11 is 0. The number of carboxylic acids is 1. The number of carbonyl (C=O) groups is 1. The number of morpholine rings is 1. The average Bonchev–Trinajstić information content (AvgIpc) is 2.47. The number of hydrogen-bond acceptors (Lipinski definition) is 5. The summed E-state index contributed by atoms with van der Waals surface area (Å²) in [5, 5.41) is 9.37. The van der Waals surface area contributed by atoms with Gasteiger partial charge in [0.1, 0.15) is 0 Å². The molecule has 0 aromatic carbocycles. The number of ether oxygens (including phenoxy) is 2. The van der Waals surface area contributed by atoms with E-state index in [-0.39, 0.29) is 6.54 Å². The number of nitrogens with zero attached hydrogens (tertiary/aromatic N) is 1. The topological polar surface area (TPSA) is 105 Å². The van der Waals surface area contributed by atoms with Gasteiger partial charge in [-0.1, -0.05) is 0 Å². The minimum Gasteiger partial charge on any atom is -0.481 e. The molecule has 2 rings (SSSR count). The molecular weight excluding hydrogens is 288 g/mol. The van der Waals surface area contributed by atoms with Crippen LogP contribution in [0.5, 0.6) is 0 Å². The van der Waals surface area contributed by atoms with Crippen molar-refractivity contribution < 1.29 is 27.8 Å². The van der Waals surface area contributed by atoms with Crippen molar-refractivity contribution in [3.8, 4) is 0 Å². The van der Waals surface area contributed by atoms with Crippen molar-refractivity contribution in [3.05, 3.63) is 0 Å². The Bertz CT molecular complexity index is 440. The first-order valence-electron chi connectivity index (χ1n) is 6.60. The van der Waals surface area contributed by atoms with E-state index in [0.29, 0.717) is 52.4 Å². The third-order valence-electron chi connectivity index (χ3n) is 3.81. The third kappa shape index (κ3) is 3.47. The number of aliphatic carboxylic acids is 1. The number of rotatable bonds is 5. The van der Waals surface area contributed by atoms with Crippen LogP contribution in [0, 0.1) is 5.41 Å². The fourth-order valence-corrected chi connectivity index (χ4v) is 3.61. The zero-order valence-corrected chi connectivity index (χ0v) is 12.0. The van der Waals surface area contributed by atoms with Gasteiger partial charge < -0.3 is 14.6 Å². The molecule has 0 amide bonds. The molecule has 2 saturated heterocycles. The van der Waals surface area contributed by atoms with Crippen LogP contribution in [0.15, 0.2) is 0 Å². The summed E-state index contributed by atoms with van der Waals surface area (Å²) in [5.41, 5.74) is -1.07. The Hall–Kier alpha value is -0.740. The van der Waals surface area contributed by atoms with Crippen LogP contribution in [-0.4, -0.2) is 69.9 Å². The molecule has 2 aliphatic heterocycles. The maximum absolute atomic E-state index is 12.1. The van der Waals surface area contributed by atoms with Crippen LogP contribution in [0.1, 0.15) is 12.8 Å². The summed E-state index contributed by atoms with van der Waals surface area (Å²) in [4.78, 5) is 11.4. The lowest BCUT2D eigenvalue weighted by atomic mass is 9.80. The van der Waals surface area contributed by atoms with Gasteiger partial charge in [0.2, 0.25) is 0 Å². The predicted molar refractivity (Wildman–Crippen MR) is 69.4 cm³/mol. The molecule has 0 atom stereocenters. The fourth-order valence-electron chi connectivity index (χ4n) is 2.34. The Morgan fingerprint density at radius 3 is 2.25 bits per heavy atom. The Morgan fingerprint density at radius 1 is 1.15 bits per heavy atom. The second-order valence-electron chi connectivity index (χ2n) is 5.04. The minimum absolute atomic E-state index is 0.106. The summed E-state index contributed by atoms with van der Waals surface area (Å²) in [6.07, 6.45) is 0.627. The van der Waals surface area contributed by atoms with E-state index in [1.807, 2.05) is 0 Å². The highest BCUT2D eigenvalue weighted by molar-refractivity contribution is 7.87. The molecule has 0 unspecified atom stereocenters. The second-order valence-corrected chi connectivity index (χ2v) is 6.79. The van der Waals surface area contributed by atoms with Gasteiger partial charge in [0.15, 0.2) is 0 Å². The highest BCUT2D eigenvalue weighted by Crippen LogP contribution is 2.30. The lowest BCUT2D eigenvalue weighted by Gasteiger charge is -2.34. The van der Waals surface area contributed by atoms with Crippen molar-refractivity contribution >= 4 is 16.2 Å². The first-order valence-corrected chi connectivity index (χ1v) is 8.04. The van der Waals surface area contributed by atoms with Gasteiger partial charge in [-0.2, -0.15) is 12.7 Å². The van der Waals surface area contributed by atoms with Crippen molar-refractivity contribution in [1.82, 2.24) is 9.03 Å². The van der Waals surface area contributed by atoms with Crippen LogP contribution >= 0.6 is 0 Å². The van der Waals surface area contributed by atoms with Crippen LogP contribution in [0.25, 0.3) is 0 Å². The molecule has 2 N–H and O–H groups in total. The van der Waals surface area contributed by atoms with E-state index < -0.39 is 21.6 Å². The number of hydrogen-bond donors (Lipinski definition) is 2. The van der Waals surface area contributed by atoms with E-state index >= 15 is 0 Å². The van der Waals surface area contributed by atoms with Crippen LogP contribution in [0.4, 0.5) is 0 Å². The normalized spacial score (nSPS) is 24.4. The molecule has 8 nitrogen and oxygen atoms in total. The molecule has 0 aromatic rings. The molecular formula is C11H20N2O6S. The lowest BCUT2D eigenvalue weighted by Crippen LogP contribution is -2.52. The summed E-state index contributed by atoms with van der Waals surface area (Å²) in [7, 11) is -3.66. The SMILES string of the molecule is O=C(O)C1(CNS(=O)(=O)N2CCOCC2)CCOCC1. The van der Waals surface area contributed by atoms with E-state index in [4.69, 9.17) is 9.47 Å². The smallest absolute Gasteiger partial charge is 0.311 e. The van der Waals surface area contributed by atoms with Gasteiger partial charge >= 0.3 is 5.97 Å². The molecule has 20 heavy (non-hydrogen) atoms. The van der Waals surface area contributed by atoms with E-state index in [1.54, 1.807) is 0 Å². The van der Waals surface area contributed by atoms with Gasteiger partial charge in [0.25, 0.3) is 10.2 Å². The van der Waals surface area contributed by atoms with Crippen LogP contribution in [0.2, 0.25) is 0 Å². The zero-order valence-electron chi connectivity index (χ0n) is 11.2. The van der Waals surface area contributed by atoms with Crippen molar-refractivity contribution in [2.75, 3.05) is 46.1 Å². The van der Waals surface area contributed by atoms with E-state index in [1.165, 1.54) is 4.31 Å². The molecule has 0 radical (unpaired) electrons. The van der Waals surface area contributed by atoms with Crippen molar-refractivity contribution in [2.24, 2.45) is 5.41 Å². The first kappa shape index (κ1) is 15.6. The Labute approximate surface area is 118 Å². The minimum atomic E-state index is -3.66. The molecule has 2 heterocycles. The lowest BCUT2D eigenvalue weighted by molar-refractivity contribution is -0.154. The van der Waals surface area contributed by atoms with E-state index in [9.17, 15) is 18.3 Å². The van der Waals surface area contributed by atoms with Gasteiger partial charge in [-0.3, -0.25) is 4.79 Å². The van der Waals surface area contributed by atoms with Crippen LogP contribution < -0.4 is 4.72 Å². The fraction of sp³-hybridized carbons (Fsp3) is 0.909. The van der Waals surface area contributed by atoms with Gasteiger partial charge in [-0.05, 0) is 12.8 Å². The second kappa shape index (κ2) is 6.35. The Kier molecular flexibility index (Phi) is 4.97. The van der Waals surface area contributed by atoms with Gasteiger partial charge in [0, 0.05) is 32.8 Å². The molecule has 0 spiro atoms. The summed E-state index contributed by atoms with van der Waals surface area (Å²) < 4.78 is 38.2. The third-order valence-corrected chi connectivity index (χ3v) is 5.36. The molecule has 2 aliphatic rings. The highest BCUT2D eigenvalue weighted by Gasteiger charge is 2.41. The van der Waals surface area contributed by atoms with Crippen molar-refractivity contribution in [2.45, 2.75) is 12.8 Å². The summed E-state index contributed by atoms with van der Waals surface area (Å²) in [6, 6.07) is 0. The van der Waals surface area contributed by atoms with Crippen molar-refractivity contribution in [1.29, 1.82) is 0 Å². The molecule has 0 saturated carbocycles. The maximum atomic E-state index is 12.1. The van der Waals surface area contributed by atoms with Gasteiger partial charge in [-0.25, -0.2) is 4.72 Å². The van der Waals surface area contributed by atoms with E-state index in [2.05, 4.69) is 4.72 Å². The van der Waals surface area contributed by atoms with Crippen LogP contribution in [-0.2, 0) is 24.5 Å². The standard InChI is InChI=1S/C11H20N2O6S/c14-10(15)11(1-5-18-6-2-11)9-12-20(16,17)13-3-7-19-8-4-13/h12H,1-9H2,(H,14,15). The summed E-state index contributed by atoms with van der Waals surface area (Å²) in [5.74, 6) is -0.981. The largest absolute Gasteiger partial charge is 0.481 e. The molecule has 9 heteroatoms. The monoisotopic (exact) mass is 308 g/mol. The highest BCUT2D eigenvalue weighted by atomic mass is 32.2. The predicted octanol–water partition coefficient (Wildman–Crippen LogP) is -0.966. The average molecular weight is 308 g/mol. The molecule has 116 valence electrons. The number of carboxylic acid groups (broad SMARTS) is 1. The first-order chi connectivity index (χ1) is 9.46. The zero-order chi connectivity index (χ0) is 14.6. The van der Waals surface area contributed by atoms with Crippen molar-refractivity contribution in [3.63, 3.8) is 0 Å². The molecule has 0 aromatic heterocycles. The Morgan fingerprint density at radius 2 is 1.70 bits per heavy atom. The molecule has 0 aliphatic carbocycles. The Balaban J connectivity index is 1.99. The number of nitrogens with one attached hydrogen (secondary N) is 1.